The molecule has 2 N–H and O–H groups in total. The minimum atomic E-state index is -2.99. The van der Waals surface area contributed by atoms with Crippen molar-refractivity contribution >= 4 is 15.7 Å². The summed E-state index contributed by atoms with van der Waals surface area (Å²) in [5, 5.41) is 5.89. The number of carbonyl (C=O) groups excluding carboxylic acids is 1. The van der Waals surface area contributed by atoms with Gasteiger partial charge in [0.05, 0.1) is 11.8 Å². The molecule has 0 aliphatic carbocycles. The highest BCUT2D eigenvalue weighted by atomic mass is 32.2. The van der Waals surface area contributed by atoms with Crippen LogP contribution in [0.25, 0.3) is 0 Å². The van der Waals surface area contributed by atoms with Crippen LogP contribution in [0.5, 0.6) is 0 Å². The van der Waals surface area contributed by atoms with Gasteiger partial charge in [-0.2, -0.15) is 0 Å². The predicted molar refractivity (Wildman–Crippen MR) is 63.0 cm³/mol. The predicted octanol–water partition coefficient (Wildman–Crippen LogP) is -0.322. The van der Waals surface area contributed by atoms with Gasteiger partial charge in [-0.3, -0.25) is 4.79 Å². The SMILES string of the molecule is CC(CS(C)(=O)=O)NC1CCCCNC1=O. The lowest BCUT2D eigenvalue weighted by Gasteiger charge is -2.20. The van der Waals surface area contributed by atoms with E-state index in [0.29, 0.717) is 0 Å². The third-order valence-electron chi connectivity index (χ3n) is 2.57. The molecule has 6 heteroatoms. The number of carbonyl (C=O) groups is 1. The van der Waals surface area contributed by atoms with Gasteiger partial charge in [0.15, 0.2) is 0 Å². The van der Waals surface area contributed by atoms with Gasteiger partial charge in [-0.25, -0.2) is 8.42 Å². The summed E-state index contributed by atoms with van der Waals surface area (Å²) >= 11 is 0. The molecule has 0 radical (unpaired) electrons. The Morgan fingerprint density at radius 3 is 2.81 bits per heavy atom. The molecule has 1 heterocycles. The van der Waals surface area contributed by atoms with E-state index < -0.39 is 9.84 Å². The summed E-state index contributed by atoms with van der Waals surface area (Å²) < 4.78 is 22.2. The van der Waals surface area contributed by atoms with E-state index in [0.717, 1.165) is 25.8 Å². The molecular weight excluding hydrogens is 228 g/mol. The number of hydrogen-bond donors (Lipinski definition) is 2. The molecule has 0 spiro atoms. The molecule has 2 atom stereocenters. The number of rotatable bonds is 4. The van der Waals surface area contributed by atoms with Crippen LogP contribution in [0.1, 0.15) is 26.2 Å². The van der Waals surface area contributed by atoms with Crippen molar-refractivity contribution in [1.29, 1.82) is 0 Å². The fourth-order valence-electron chi connectivity index (χ4n) is 1.94. The summed E-state index contributed by atoms with van der Waals surface area (Å²) in [7, 11) is -2.99. The zero-order chi connectivity index (χ0) is 12.2. The second-order valence-electron chi connectivity index (χ2n) is 4.50. The fraction of sp³-hybridized carbons (Fsp3) is 0.900. The third-order valence-corrected chi connectivity index (χ3v) is 3.68. The minimum Gasteiger partial charge on any atom is -0.355 e. The van der Waals surface area contributed by atoms with E-state index in [4.69, 9.17) is 0 Å². The lowest BCUT2D eigenvalue weighted by molar-refractivity contribution is -0.123. The maximum atomic E-state index is 11.6. The highest BCUT2D eigenvalue weighted by molar-refractivity contribution is 7.90. The first-order chi connectivity index (χ1) is 7.38. The first kappa shape index (κ1) is 13.4. The van der Waals surface area contributed by atoms with Crippen LogP contribution in [0, 0.1) is 0 Å². The van der Waals surface area contributed by atoms with E-state index in [1.165, 1.54) is 6.26 Å². The lowest BCUT2D eigenvalue weighted by atomic mass is 10.1. The maximum absolute atomic E-state index is 11.6. The first-order valence-electron chi connectivity index (χ1n) is 5.60. The van der Waals surface area contributed by atoms with Gasteiger partial charge in [-0.05, 0) is 26.2 Å². The number of sulfone groups is 1. The fourth-order valence-corrected chi connectivity index (χ4v) is 2.95. The molecule has 1 fully saturated rings. The Balaban J connectivity index is 2.48. The standard InChI is InChI=1S/C10H20N2O3S/c1-8(7-16(2,14)15)12-9-5-3-4-6-11-10(9)13/h8-9,12H,3-7H2,1-2H3,(H,11,13). The van der Waals surface area contributed by atoms with Gasteiger partial charge in [-0.15, -0.1) is 0 Å². The molecule has 0 aromatic carbocycles. The smallest absolute Gasteiger partial charge is 0.237 e. The topological polar surface area (TPSA) is 75.3 Å². The number of hydrogen-bond acceptors (Lipinski definition) is 4. The summed E-state index contributed by atoms with van der Waals surface area (Å²) in [5.74, 6) is 0.0504. The summed E-state index contributed by atoms with van der Waals surface area (Å²) in [5.41, 5.74) is 0. The van der Waals surface area contributed by atoms with Gasteiger partial charge in [0.25, 0.3) is 0 Å². The molecule has 1 aliphatic heterocycles. The highest BCUT2D eigenvalue weighted by Crippen LogP contribution is 2.06. The summed E-state index contributed by atoms with van der Waals surface area (Å²) in [6.07, 6.45) is 3.96. The van der Waals surface area contributed by atoms with Gasteiger partial charge >= 0.3 is 0 Å². The summed E-state index contributed by atoms with van der Waals surface area (Å²) in [6, 6.07) is -0.442. The Morgan fingerprint density at radius 1 is 1.50 bits per heavy atom. The van der Waals surface area contributed by atoms with Crippen LogP contribution in [0.4, 0.5) is 0 Å². The van der Waals surface area contributed by atoms with Crippen molar-refractivity contribution in [3.63, 3.8) is 0 Å². The van der Waals surface area contributed by atoms with E-state index in [-0.39, 0.29) is 23.7 Å². The van der Waals surface area contributed by atoms with Gasteiger partial charge in [0, 0.05) is 18.8 Å². The van der Waals surface area contributed by atoms with Gasteiger partial charge in [0.2, 0.25) is 5.91 Å². The first-order valence-corrected chi connectivity index (χ1v) is 7.66. The van der Waals surface area contributed by atoms with Crippen LogP contribution < -0.4 is 10.6 Å². The molecule has 0 bridgehead atoms. The molecule has 1 rings (SSSR count). The monoisotopic (exact) mass is 248 g/mol. The molecule has 1 saturated heterocycles. The summed E-state index contributed by atoms with van der Waals surface area (Å²) in [4.78, 5) is 11.6. The Bertz CT molecular complexity index is 340. The van der Waals surface area contributed by atoms with Crippen LogP contribution in [0.3, 0.4) is 0 Å². The Kier molecular flexibility index (Phi) is 4.73. The van der Waals surface area contributed by atoms with E-state index in [2.05, 4.69) is 10.6 Å². The molecule has 2 unspecified atom stereocenters. The second-order valence-corrected chi connectivity index (χ2v) is 6.68. The minimum absolute atomic E-state index is 0.0159. The van der Waals surface area contributed by atoms with Gasteiger partial charge in [-0.1, -0.05) is 0 Å². The maximum Gasteiger partial charge on any atom is 0.237 e. The van der Waals surface area contributed by atoms with Gasteiger partial charge < -0.3 is 10.6 Å². The molecule has 1 aliphatic rings. The van der Waals surface area contributed by atoms with E-state index >= 15 is 0 Å². The van der Waals surface area contributed by atoms with Crippen molar-refractivity contribution in [2.45, 2.75) is 38.3 Å². The van der Waals surface area contributed by atoms with Crippen molar-refractivity contribution in [1.82, 2.24) is 10.6 Å². The molecular formula is C10H20N2O3S. The molecule has 16 heavy (non-hydrogen) atoms. The largest absolute Gasteiger partial charge is 0.355 e. The molecule has 1 amide bonds. The van der Waals surface area contributed by atoms with Crippen LogP contribution >= 0.6 is 0 Å². The van der Waals surface area contributed by atoms with E-state index in [9.17, 15) is 13.2 Å². The normalized spacial score (nSPS) is 24.6. The van der Waals surface area contributed by atoms with E-state index in [1.807, 2.05) is 0 Å². The Hall–Kier alpha value is -0.620. The average Bonchev–Trinajstić information content (AvgIpc) is 2.29. The van der Waals surface area contributed by atoms with Crippen LogP contribution in [0.15, 0.2) is 0 Å². The zero-order valence-electron chi connectivity index (χ0n) is 9.82. The van der Waals surface area contributed by atoms with Crippen LogP contribution in [-0.4, -0.2) is 45.0 Å². The summed E-state index contributed by atoms with van der Waals surface area (Å²) in [6.45, 7) is 2.51. The number of amides is 1. The highest BCUT2D eigenvalue weighted by Gasteiger charge is 2.23. The van der Waals surface area contributed by atoms with Crippen molar-refractivity contribution < 1.29 is 13.2 Å². The Morgan fingerprint density at radius 2 is 2.19 bits per heavy atom. The molecule has 0 aromatic heterocycles. The molecule has 0 saturated carbocycles. The van der Waals surface area contributed by atoms with Crippen LogP contribution in [-0.2, 0) is 14.6 Å². The quantitative estimate of drug-likeness (QED) is 0.715. The molecule has 0 aromatic rings. The van der Waals surface area contributed by atoms with Crippen LogP contribution in [0.2, 0.25) is 0 Å². The van der Waals surface area contributed by atoms with Crippen molar-refractivity contribution in [3.05, 3.63) is 0 Å². The number of nitrogens with one attached hydrogen (secondary N) is 2. The molecule has 94 valence electrons. The van der Waals surface area contributed by atoms with Gasteiger partial charge in [0.1, 0.15) is 9.84 Å². The molecule has 5 nitrogen and oxygen atoms in total. The van der Waals surface area contributed by atoms with Crippen molar-refractivity contribution in [2.24, 2.45) is 0 Å². The average molecular weight is 248 g/mol. The lowest BCUT2D eigenvalue weighted by Crippen LogP contribution is -2.48. The third kappa shape index (κ3) is 4.94. The second kappa shape index (κ2) is 5.63. The van der Waals surface area contributed by atoms with Crippen molar-refractivity contribution in [3.8, 4) is 0 Å². The van der Waals surface area contributed by atoms with Crippen molar-refractivity contribution in [2.75, 3.05) is 18.6 Å². The van der Waals surface area contributed by atoms with E-state index in [1.54, 1.807) is 6.92 Å². The Labute approximate surface area is 96.9 Å². The zero-order valence-corrected chi connectivity index (χ0v) is 10.6.